The highest BCUT2D eigenvalue weighted by molar-refractivity contribution is 5.71. The maximum Gasteiger partial charge on any atom is 0.200 e. The summed E-state index contributed by atoms with van der Waals surface area (Å²) in [6.07, 6.45) is 6.45. The van der Waals surface area contributed by atoms with Gasteiger partial charge < -0.3 is 5.32 Å². The van der Waals surface area contributed by atoms with Crippen LogP contribution >= 0.6 is 0 Å². The van der Waals surface area contributed by atoms with Crippen molar-refractivity contribution in [3.63, 3.8) is 0 Å². The molecule has 0 aliphatic heterocycles. The van der Waals surface area contributed by atoms with Crippen molar-refractivity contribution >= 4 is 11.3 Å². The molecule has 4 heterocycles. The second-order valence-electron chi connectivity index (χ2n) is 5.36. The Labute approximate surface area is 137 Å². The first-order valence-corrected chi connectivity index (χ1v) is 7.44. The molecule has 4 aromatic heterocycles. The molecule has 0 amide bonds. The Morgan fingerprint density at radius 3 is 2.96 bits per heavy atom. The monoisotopic (exact) mass is 321 g/mol. The number of aryl methyl sites for hydroxylation is 1. The van der Waals surface area contributed by atoms with Crippen LogP contribution < -0.4 is 5.32 Å². The van der Waals surface area contributed by atoms with Crippen LogP contribution in [0.2, 0.25) is 0 Å². The molecular weight excluding hydrogens is 306 g/mol. The summed E-state index contributed by atoms with van der Waals surface area (Å²) in [6, 6.07) is 3.90. The minimum absolute atomic E-state index is 0.565. The van der Waals surface area contributed by atoms with Gasteiger partial charge in [-0.25, -0.2) is 14.6 Å². The molecule has 0 fully saturated rings. The number of hydrogen-bond acceptors (Lipinski definition) is 7. The molecule has 1 N–H and O–H groups in total. The molecule has 0 aromatic carbocycles. The summed E-state index contributed by atoms with van der Waals surface area (Å²) < 4.78 is 3.32. The number of nitrogens with one attached hydrogen (secondary N) is 1. The van der Waals surface area contributed by atoms with Crippen LogP contribution in [0.5, 0.6) is 0 Å². The van der Waals surface area contributed by atoms with Gasteiger partial charge in [-0.3, -0.25) is 0 Å². The predicted molar refractivity (Wildman–Crippen MR) is 86.7 cm³/mol. The standard InChI is InChI=1S/C15H15N9/c1-10-11(2)22-24-9-19-21-15(24)13(10)18-6-12-4-3-5-17-14(12)23-8-16-7-20-23/h3-5,7-9,18H,6H2,1-2H3. The molecular formula is C15H15N9. The fourth-order valence-electron chi connectivity index (χ4n) is 2.54. The first kappa shape index (κ1) is 14.2. The van der Waals surface area contributed by atoms with Crippen LogP contribution in [0.1, 0.15) is 16.8 Å². The van der Waals surface area contributed by atoms with E-state index in [1.54, 1.807) is 28.0 Å². The lowest BCUT2D eigenvalue weighted by molar-refractivity contribution is 0.826. The Hall–Kier alpha value is -3.36. The molecule has 0 saturated carbocycles. The van der Waals surface area contributed by atoms with Gasteiger partial charge in [0.15, 0.2) is 5.82 Å². The highest BCUT2D eigenvalue weighted by Crippen LogP contribution is 2.22. The molecule has 0 aliphatic rings. The van der Waals surface area contributed by atoms with Crippen LogP contribution in [0.25, 0.3) is 11.5 Å². The minimum atomic E-state index is 0.565. The van der Waals surface area contributed by atoms with Crippen molar-refractivity contribution in [2.45, 2.75) is 20.4 Å². The third-order valence-corrected chi connectivity index (χ3v) is 3.89. The van der Waals surface area contributed by atoms with Gasteiger partial charge in [0.25, 0.3) is 0 Å². The van der Waals surface area contributed by atoms with E-state index in [-0.39, 0.29) is 0 Å². The summed E-state index contributed by atoms with van der Waals surface area (Å²) in [5.74, 6) is 0.739. The second kappa shape index (κ2) is 5.69. The second-order valence-corrected chi connectivity index (χ2v) is 5.36. The lowest BCUT2D eigenvalue weighted by Crippen LogP contribution is -2.10. The molecule has 0 spiro atoms. The van der Waals surface area contributed by atoms with Crippen molar-refractivity contribution in [1.82, 2.24) is 39.6 Å². The van der Waals surface area contributed by atoms with Crippen LogP contribution in [0.4, 0.5) is 5.69 Å². The minimum Gasteiger partial charge on any atom is -0.377 e. The summed E-state index contributed by atoms with van der Waals surface area (Å²) in [5.41, 5.74) is 4.57. The summed E-state index contributed by atoms with van der Waals surface area (Å²) in [5, 5.41) is 20.1. The lowest BCUT2D eigenvalue weighted by atomic mass is 10.2. The van der Waals surface area contributed by atoms with E-state index in [4.69, 9.17) is 0 Å². The van der Waals surface area contributed by atoms with E-state index >= 15 is 0 Å². The van der Waals surface area contributed by atoms with Crippen LogP contribution in [-0.2, 0) is 6.54 Å². The Balaban J connectivity index is 1.70. The fourth-order valence-corrected chi connectivity index (χ4v) is 2.54. The SMILES string of the molecule is Cc1nn2cnnc2c(NCc2cccnc2-n2cncn2)c1C. The third kappa shape index (κ3) is 2.35. The van der Waals surface area contributed by atoms with E-state index in [1.807, 2.05) is 26.0 Å². The molecule has 0 radical (unpaired) electrons. The lowest BCUT2D eigenvalue weighted by Gasteiger charge is -2.13. The van der Waals surface area contributed by atoms with Gasteiger partial charge in [0, 0.05) is 18.3 Å². The average Bonchev–Trinajstić information content (AvgIpc) is 3.27. The summed E-state index contributed by atoms with van der Waals surface area (Å²) in [4.78, 5) is 8.38. The first-order chi connectivity index (χ1) is 11.7. The summed E-state index contributed by atoms with van der Waals surface area (Å²) in [7, 11) is 0. The molecule has 24 heavy (non-hydrogen) atoms. The number of anilines is 1. The quantitative estimate of drug-likeness (QED) is 0.605. The number of fused-ring (bicyclic) bond motifs is 1. The van der Waals surface area contributed by atoms with Crippen LogP contribution in [0.15, 0.2) is 37.3 Å². The topological polar surface area (TPSA) is 98.7 Å². The van der Waals surface area contributed by atoms with E-state index in [2.05, 4.69) is 35.7 Å². The first-order valence-electron chi connectivity index (χ1n) is 7.44. The van der Waals surface area contributed by atoms with Crippen molar-refractivity contribution in [2.24, 2.45) is 0 Å². The number of nitrogens with zero attached hydrogens (tertiary/aromatic N) is 8. The Morgan fingerprint density at radius 2 is 2.12 bits per heavy atom. The molecule has 0 aliphatic carbocycles. The van der Waals surface area contributed by atoms with Crippen molar-refractivity contribution in [3.05, 3.63) is 54.1 Å². The largest absolute Gasteiger partial charge is 0.377 e. The Bertz CT molecular complexity index is 988. The molecule has 120 valence electrons. The normalized spacial score (nSPS) is 11.1. The fraction of sp³-hybridized carbons (Fsp3) is 0.200. The molecule has 9 nitrogen and oxygen atoms in total. The number of aromatic nitrogens is 8. The maximum atomic E-state index is 4.43. The zero-order valence-electron chi connectivity index (χ0n) is 13.2. The number of hydrogen-bond donors (Lipinski definition) is 1. The summed E-state index contributed by atoms with van der Waals surface area (Å²) >= 11 is 0. The smallest absolute Gasteiger partial charge is 0.200 e. The number of rotatable bonds is 4. The molecule has 0 atom stereocenters. The molecule has 4 aromatic rings. The Morgan fingerprint density at radius 1 is 1.21 bits per heavy atom. The van der Waals surface area contributed by atoms with Gasteiger partial charge in [0.2, 0.25) is 5.65 Å². The number of pyridine rings is 1. The van der Waals surface area contributed by atoms with Gasteiger partial charge in [0.1, 0.15) is 19.0 Å². The van der Waals surface area contributed by atoms with E-state index in [9.17, 15) is 0 Å². The zero-order valence-corrected chi connectivity index (χ0v) is 13.2. The highest BCUT2D eigenvalue weighted by Gasteiger charge is 2.13. The Kier molecular flexibility index (Phi) is 3.38. The third-order valence-electron chi connectivity index (χ3n) is 3.89. The predicted octanol–water partition coefficient (Wildman–Crippen LogP) is 1.33. The average molecular weight is 321 g/mol. The van der Waals surface area contributed by atoms with Crippen LogP contribution in [0.3, 0.4) is 0 Å². The van der Waals surface area contributed by atoms with Gasteiger partial charge >= 0.3 is 0 Å². The van der Waals surface area contributed by atoms with Crippen molar-refractivity contribution in [1.29, 1.82) is 0 Å². The van der Waals surface area contributed by atoms with E-state index < -0.39 is 0 Å². The summed E-state index contributed by atoms with van der Waals surface area (Å²) in [6.45, 7) is 4.54. The van der Waals surface area contributed by atoms with E-state index in [0.29, 0.717) is 12.2 Å². The van der Waals surface area contributed by atoms with Gasteiger partial charge in [-0.15, -0.1) is 10.2 Å². The van der Waals surface area contributed by atoms with Crippen molar-refractivity contribution in [2.75, 3.05) is 5.32 Å². The van der Waals surface area contributed by atoms with E-state index in [0.717, 1.165) is 28.3 Å². The van der Waals surface area contributed by atoms with Crippen molar-refractivity contribution < 1.29 is 0 Å². The maximum absolute atomic E-state index is 4.43. The highest BCUT2D eigenvalue weighted by atomic mass is 15.4. The van der Waals surface area contributed by atoms with Gasteiger partial charge in [-0.05, 0) is 25.5 Å². The van der Waals surface area contributed by atoms with Gasteiger partial charge in [0.05, 0.1) is 11.4 Å². The molecule has 4 rings (SSSR count). The molecule has 9 heteroatoms. The van der Waals surface area contributed by atoms with Crippen LogP contribution in [0, 0.1) is 13.8 Å². The zero-order chi connectivity index (χ0) is 16.5. The van der Waals surface area contributed by atoms with E-state index in [1.165, 1.54) is 6.33 Å². The molecule has 0 bridgehead atoms. The van der Waals surface area contributed by atoms with Gasteiger partial charge in [-0.2, -0.15) is 14.7 Å². The van der Waals surface area contributed by atoms with Gasteiger partial charge in [-0.1, -0.05) is 6.07 Å². The molecule has 0 saturated heterocycles. The van der Waals surface area contributed by atoms with Crippen molar-refractivity contribution in [3.8, 4) is 5.82 Å². The van der Waals surface area contributed by atoms with Crippen LogP contribution in [-0.4, -0.2) is 39.6 Å². The molecule has 0 unspecified atom stereocenters.